The number of hydrogen-bond acceptors (Lipinski definition) is 21. The fraction of sp³-hybridized carbons (Fsp3) is 0.505. The van der Waals surface area contributed by atoms with Gasteiger partial charge in [0, 0.05) is 156 Å². The van der Waals surface area contributed by atoms with E-state index in [1.165, 1.54) is 58.4 Å². The molecule has 0 saturated heterocycles. The lowest BCUT2D eigenvalue weighted by Gasteiger charge is -2.41. The van der Waals surface area contributed by atoms with Gasteiger partial charge < -0.3 is 112 Å². The standard InChI is InChI=1S/C52H70F2N8O13.C51H68F2N6O12/c1-30(64)13-12-16-42(65)56-32(3)50(73)60(8)33(4)48(71)57-31(2)47(70)59-39(49(72)55-23-21-43(66)58-40(51(74)75)19-20-45(68)69)22-24-62(44(67)29-63)46(52(5,6)7)41-25-35(37-26-36(53)17-18-38(37)54)28-61(41)27-34-14-10-9-11-15-34;1-30(2)37(26-36(62)15-11-12-31(3)61)48(68)55-32(4)47(67)57-40(49(69)54-22-20-43(63)56-41(50(70)71)18-19-45(65)66)21-23-59(44(64)29-60)46(51(5,6)7)42-24-34(38-25-35(52)16-17-39(38)53)28-58(42)27-33-13-9-8-10-14-33/h9-11,14-15,17-18,25-26,28,31-33,39-40,46,63H,12-13,16,19-24,27,29H2,1-8H3,(H,55,72)(H,56,65)(H,57,71)(H,58,66)(H,59,70)(H,68,69)(H,74,75);8-10,13-14,16-17,24-25,28,30,32,37,40-41,46,60H,11-12,15,18-23,26-27,29H2,1-7H3,(H,54,69)(H,55,68)(H,56,63)(H,57,67)(H,65,66)(H,70,71)/t31-,32-,33-,39-,40+,46-;32-,37-,40-,41+,46-/m00/s1. The molecule has 6 rings (SSSR count). The number of Topliss-reactive ketones (excluding diaryl/α,β-unsaturated/α-hetero) is 3. The van der Waals surface area contributed by atoms with Crippen LogP contribution in [0.2, 0.25) is 0 Å². The fourth-order valence-corrected chi connectivity index (χ4v) is 16.1. The fourth-order valence-electron chi connectivity index (χ4n) is 16.1. The van der Waals surface area contributed by atoms with E-state index in [4.69, 9.17) is 10.2 Å². The summed E-state index contributed by atoms with van der Waals surface area (Å²) in [4.78, 5) is 246. The summed E-state index contributed by atoms with van der Waals surface area (Å²) in [5, 5.41) is 80.1. The van der Waals surface area contributed by atoms with Crippen LogP contribution in [-0.2, 0) is 104 Å². The first kappa shape index (κ1) is 122. The van der Waals surface area contributed by atoms with Crippen molar-refractivity contribution in [3.63, 3.8) is 0 Å². The summed E-state index contributed by atoms with van der Waals surface area (Å²) in [6.45, 7) is 19.6. The van der Waals surface area contributed by atoms with E-state index >= 15 is 8.78 Å². The Balaban J connectivity index is 0.000000514. The number of hydrogen-bond donors (Lipinski definition) is 15. The number of benzene rings is 4. The number of carboxylic acid groups (broad SMARTS) is 4. The van der Waals surface area contributed by atoms with Crippen molar-refractivity contribution in [1.82, 2.24) is 71.7 Å². The highest BCUT2D eigenvalue weighted by Crippen LogP contribution is 2.44. The second-order valence-electron chi connectivity index (χ2n) is 38.5. The van der Waals surface area contributed by atoms with Crippen LogP contribution in [0.15, 0.2) is 122 Å². The van der Waals surface area contributed by atoms with Crippen LogP contribution < -0.4 is 47.9 Å². The van der Waals surface area contributed by atoms with E-state index in [1.807, 2.05) is 81.4 Å². The summed E-state index contributed by atoms with van der Waals surface area (Å²) < 4.78 is 63.4. The number of likely N-dealkylation sites (N-methyl/N-ethyl adjacent to an activating group) is 1. The quantitative estimate of drug-likeness (QED) is 0.0164. The second kappa shape index (κ2) is 58.5. The summed E-state index contributed by atoms with van der Waals surface area (Å²) in [5.41, 5.74) is 1.23. The minimum absolute atomic E-state index is 0.00163. The van der Waals surface area contributed by atoms with Crippen LogP contribution in [0.25, 0.3) is 22.3 Å². The Kier molecular flexibility index (Phi) is 48.9. The van der Waals surface area contributed by atoms with Gasteiger partial charge in [-0.3, -0.25) is 71.9 Å². The normalized spacial score (nSPS) is 13.6. The van der Waals surface area contributed by atoms with Crippen LogP contribution in [0.1, 0.15) is 228 Å². The van der Waals surface area contributed by atoms with Crippen molar-refractivity contribution < 1.29 is 139 Å². The molecule has 0 aliphatic heterocycles. The Morgan fingerprint density at radius 1 is 0.404 bits per heavy atom. The van der Waals surface area contributed by atoms with Crippen LogP contribution in [0.3, 0.4) is 0 Å². The van der Waals surface area contributed by atoms with Crippen molar-refractivity contribution in [2.24, 2.45) is 22.7 Å². The van der Waals surface area contributed by atoms with E-state index in [9.17, 15) is 120 Å². The summed E-state index contributed by atoms with van der Waals surface area (Å²) in [6.07, 6.45) is 0.646. The molecule has 0 fully saturated rings. The van der Waals surface area contributed by atoms with Gasteiger partial charge >= 0.3 is 23.9 Å². The number of aromatic nitrogens is 2. The van der Waals surface area contributed by atoms with Gasteiger partial charge in [0.1, 0.15) is 102 Å². The molecule has 39 nitrogen and oxygen atoms in total. The van der Waals surface area contributed by atoms with Crippen LogP contribution in [0, 0.1) is 45.9 Å². The van der Waals surface area contributed by atoms with Crippen molar-refractivity contribution in [2.45, 2.75) is 267 Å². The molecule has 6 aromatic rings. The maximum Gasteiger partial charge on any atom is 0.326 e. The monoisotopic (exact) mass is 2050 g/mol. The number of rotatable bonds is 58. The Labute approximate surface area is 844 Å². The van der Waals surface area contributed by atoms with Gasteiger partial charge in [0.25, 0.3) is 0 Å². The largest absolute Gasteiger partial charge is 0.481 e. The van der Waals surface area contributed by atoms with Crippen molar-refractivity contribution >= 4 is 112 Å². The third-order valence-corrected chi connectivity index (χ3v) is 24.0. The lowest BCUT2D eigenvalue weighted by atomic mass is 9.82. The number of amides is 12. The van der Waals surface area contributed by atoms with Crippen molar-refractivity contribution in [2.75, 3.05) is 46.4 Å². The van der Waals surface area contributed by atoms with Gasteiger partial charge in [0.2, 0.25) is 70.9 Å². The Morgan fingerprint density at radius 3 is 1.14 bits per heavy atom. The Bertz CT molecular complexity index is 5570. The molecule has 15 N–H and O–H groups in total. The highest BCUT2D eigenvalue weighted by atomic mass is 19.1. The molecule has 4 aromatic carbocycles. The van der Waals surface area contributed by atoms with E-state index in [0.29, 0.717) is 17.8 Å². The number of aliphatic hydroxyl groups is 2. The predicted molar refractivity (Wildman–Crippen MR) is 526 cm³/mol. The third-order valence-electron chi connectivity index (χ3n) is 24.0. The number of carbonyl (C=O) groups is 19. The molecule has 0 aliphatic rings. The zero-order valence-electron chi connectivity index (χ0n) is 84.9. The Morgan fingerprint density at radius 2 is 0.781 bits per heavy atom. The van der Waals surface area contributed by atoms with E-state index < -0.39 is 253 Å². The molecule has 146 heavy (non-hydrogen) atoms. The van der Waals surface area contributed by atoms with Crippen molar-refractivity contribution in [3.05, 3.63) is 167 Å². The number of aliphatic hydroxyl groups excluding tert-OH is 2. The Hall–Kier alpha value is -14.4. The second-order valence-corrected chi connectivity index (χ2v) is 38.5. The molecule has 43 heteroatoms. The van der Waals surface area contributed by atoms with Crippen LogP contribution in [0.4, 0.5) is 17.6 Å². The third kappa shape index (κ3) is 40.0. The van der Waals surface area contributed by atoms with Gasteiger partial charge in [0.05, 0.1) is 12.1 Å². The van der Waals surface area contributed by atoms with Gasteiger partial charge in [-0.25, -0.2) is 27.2 Å². The molecule has 12 amide bonds. The first-order valence-electron chi connectivity index (χ1n) is 48.0. The van der Waals surface area contributed by atoms with E-state index in [-0.39, 0.29) is 130 Å². The smallest absolute Gasteiger partial charge is 0.326 e. The summed E-state index contributed by atoms with van der Waals surface area (Å²) in [7, 11) is 1.32. The van der Waals surface area contributed by atoms with Crippen LogP contribution in [-0.4, -0.2) is 261 Å². The molecule has 0 bridgehead atoms. The molecular formula is C103H138F4N14O25. The maximum atomic E-state index is 15.3. The number of ketones is 3. The van der Waals surface area contributed by atoms with Gasteiger partial charge in [-0.1, -0.05) is 116 Å². The van der Waals surface area contributed by atoms with Gasteiger partial charge in [0.15, 0.2) is 0 Å². The molecule has 2 heterocycles. The minimum Gasteiger partial charge on any atom is -0.481 e. The van der Waals surface area contributed by atoms with Gasteiger partial charge in [-0.2, -0.15) is 0 Å². The molecule has 798 valence electrons. The first-order chi connectivity index (χ1) is 68.5. The zero-order valence-corrected chi connectivity index (χ0v) is 84.9. The topological polar surface area (TPSA) is 574 Å². The number of carbonyl (C=O) groups excluding carboxylic acids is 15. The maximum absolute atomic E-state index is 15.3. The lowest BCUT2D eigenvalue weighted by Crippen LogP contribution is -2.57. The van der Waals surface area contributed by atoms with Crippen LogP contribution in [0.5, 0.6) is 0 Å². The summed E-state index contributed by atoms with van der Waals surface area (Å²) in [6, 6.07) is 14.7. The van der Waals surface area contributed by atoms with E-state index in [1.54, 1.807) is 68.3 Å². The average Bonchev–Trinajstić information content (AvgIpc) is 1.62. The van der Waals surface area contributed by atoms with E-state index in [0.717, 1.165) is 52.4 Å². The first-order valence-corrected chi connectivity index (χ1v) is 48.0. The molecule has 0 radical (unpaired) electrons. The summed E-state index contributed by atoms with van der Waals surface area (Å²) >= 11 is 0. The number of halogens is 4. The lowest BCUT2D eigenvalue weighted by molar-refractivity contribution is -0.144. The molecular weight excluding hydrogens is 1910 g/mol. The molecule has 0 saturated carbocycles. The average molecular weight is 2050 g/mol. The predicted octanol–water partition coefficient (Wildman–Crippen LogP) is 7.52. The summed E-state index contributed by atoms with van der Waals surface area (Å²) in [5.74, 6) is -19.2. The van der Waals surface area contributed by atoms with E-state index in [2.05, 4.69) is 47.9 Å². The molecule has 0 spiro atoms. The number of carboxylic acids is 4. The van der Waals surface area contributed by atoms with Gasteiger partial charge in [-0.15, -0.1) is 0 Å². The van der Waals surface area contributed by atoms with Crippen molar-refractivity contribution in [1.29, 1.82) is 0 Å². The number of aliphatic carboxylic acids is 4. The number of nitrogens with zero attached hydrogens (tertiary/aromatic N) is 5. The molecule has 11 atom stereocenters. The molecule has 0 aliphatic carbocycles. The minimum atomic E-state index is -1.55. The SMILES string of the molecule is CC(=O)CCCC(=O)C[C@H](C(=O)N[C@@H](C)C(=O)N[C@@H](CCN(C(=O)CO)[C@@H](c1cc(-c2cc(F)ccc2F)cn1Cc1ccccc1)C(C)(C)C)C(=O)NCCC(=O)N[C@H](CCC(=O)O)C(=O)O)C(C)C.CC(=O)CCCC(=O)N[C@@H](C)C(=O)N(C)[C@@H](C)C(=O)N[C@@H](C)C(=O)N[C@@H](CCN(C(=O)CO)[C@@H](c1cc(-c2cc(F)ccc2F)cn1Cc1ccccc1)C(C)(C)C)C(=O)NCCC(=O)N[C@H](CCC(=O)O)C(=O)O. The van der Waals surface area contributed by atoms with Crippen molar-refractivity contribution in [3.8, 4) is 22.3 Å². The molecule has 0 unspecified atom stereocenters. The highest BCUT2D eigenvalue weighted by molar-refractivity contribution is 5.97. The molecule has 2 aromatic heterocycles. The van der Waals surface area contributed by atoms with Gasteiger partial charge in [-0.05, 0) is 156 Å². The van der Waals surface area contributed by atoms with Crippen LogP contribution >= 0.6 is 0 Å². The highest BCUT2D eigenvalue weighted by Gasteiger charge is 2.42. The number of nitrogens with one attached hydrogen (secondary N) is 9. The zero-order chi connectivity index (χ0) is 109.